The number of benzene rings is 1. The molecule has 2 N–H and O–H groups in total. The molecule has 0 saturated carbocycles. The number of piperidine rings is 1. The smallest absolute Gasteiger partial charge is 0.317 e. The molecule has 172 valence electrons. The van der Waals surface area contributed by atoms with E-state index in [2.05, 4.69) is 32.2 Å². The van der Waals surface area contributed by atoms with Crippen LogP contribution in [0.5, 0.6) is 0 Å². The maximum absolute atomic E-state index is 12.3. The topological polar surface area (TPSA) is 88.5 Å². The van der Waals surface area contributed by atoms with E-state index in [1.807, 2.05) is 30.9 Å². The molecule has 0 aliphatic carbocycles. The van der Waals surface area contributed by atoms with Gasteiger partial charge in [-0.2, -0.15) is 5.10 Å². The van der Waals surface area contributed by atoms with Crippen LogP contribution in [-0.4, -0.2) is 91.3 Å². The van der Waals surface area contributed by atoms with E-state index >= 15 is 0 Å². The molecule has 8 nitrogen and oxygen atoms in total. The van der Waals surface area contributed by atoms with Gasteiger partial charge in [-0.25, -0.2) is 0 Å². The predicted molar refractivity (Wildman–Crippen MR) is 127 cm³/mol. The lowest BCUT2D eigenvalue weighted by atomic mass is 10.0. The van der Waals surface area contributed by atoms with Crippen LogP contribution in [0.3, 0.4) is 0 Å². The quantitative estimate of drug-likeness (QED) is 0.340. The summed E-state index contributed by atoms with van der Waals surface area (Å²) in [5.74, 6) is -0.734. The molecule has 2 fully saturated rings. The number of piperazine rings is 1. The molecule has 0 amide bonds. The number of hydrogen-bond donors (Lipinski definition) is 2. The number of rotatable bonds is 9. The zero-order valence-corrected chi connectivity index (χ0v) is 19.6. The van der Waals surface area contributed by atoms with Crippen molar-refractivity contribution in [3.8, 4) is 0 Å². The third kappa shape index (κ3) is 6.79. The fourth-order valence-corrected chi connectivity index (χ4v) is 5.32. The number of nitrogens with one attached hydrogen (secondary N) is 1. The molecule has 0 radical (unpaired) electrons. The van der Waals surface area contributed by atoms with Gasteiger partial charge in [-0.3, -0.25) is 24.4 Å². The minimum Gasteiger partial charge on any atom is -0.480 e. The van der Waals surface area contributed by atoms with Crippen molar-refractivity contribution in [2.45, 2.75) is 32.7 Å². The molecular formula is C22H36N5O3P. The van der Waals surface area contributed by atoms with E-state index in [1.165, 1.54) is 5.69 Å². The van der Waals surface area contributed by atoms with Crippen molar-refractivity contribution in [2.24, 2.45) is 5.10 Å². The Kier molecular flexibility index (Phi) is 8.52. The number of hydrogen-bond acceptors (Lipinski definition) is 6. The molecular weight excluding hydrogens is 413 g/mol. The van der Waals surface area contributed by atoms with Crippen molar-refractivity contribution < 1.29 is 14.5 Å². The second kappa shape index (κ2) is 11.1. The van der Waals surface area contributed by atoms with Crippen molar-refractivity contribution >= 4 is 25.2 Å². The molecule has 2 aliphatic rings. The predicted octanol–water partition coefficient (Wildman–Crippen LogP) is 2.60. The molecule has 2 saturated heterocycles. The highest BCUT2D eigenvalue weighted by Gasteiger charge is 2.28. The number of carboxylic acid groups (broad SMARTS) is 1. The van der Waals surface area contributed by atoms with Crippen LogP contribution < -0.4 is 10.1 Å². The fourth-order valence-electron chi connectivity index (χ4n) is 4.32. The van der Waals surface area contributed by atoms with Gasteiger partial charge in [0, 0.05) is 63.3 Å². The third-order valence-corrected chi connectivity index (χ3v) is 9.00. The van der Waals surface area contributed by atoms with E-state index in [9.17, 15) is 9.36 Å². The summed E-state index contributed by atoms with van der Waals surface area (Å²) in [4.78, 5) is 17.9. The van der Waals surface area contributed by atoms with E-state index in [1.54, 1.807) is 6.21 Å². The van der Waals surface area contributed by atoms with Crippen LogP contribution in [0, 0.1) is 0 Å². The van der Waals surface area contributed by atoms with Crippen LogP contribution in [0.4, 0.5) is 5.69 Å². The standard InChI is InChI=1S/C22H36N5O3P/c1-3-31(30,4-2)24-23-17-19-5-7-20(8-6-19)26-13-15-27(16-14-26)21-9-11-25(12-10-21)18-22(28)29/h5-8,17,21H,3-4,9-16,18H2,1-2H3,(H,24,30)(H,28,29). The molecule has 0 bridgehead atoms. The van der Waals surface area contributed by atoms with Gasteiger partial charge in [-0.1, -0.05) is 26.0 Å². The lowest BCUT2D eigenvalue weighted by molar-refractivity contribution is -0.138. The summed E-state index contributed by atoms with van der Waals surface area (Å²) in [6.07, 6.45) is 5.05. The van der Waals surface area contributed by atoms with Crippen LogP contribution in [-0.2, 0) is 9.36 Å². The first-order valence-corrected chi connectivity index (χ1v) is 13.4. The van der Waals surface area contributed by atoms with E-state index in [0.717, 1.165) is 57.7 Å². The molecule has 0 spiro atoms. The van der Waals surface area contributed by atoms with Crippen LogP contribution in [0.2, 0.25) is 0 Å². The molecule has 9 heteroatoms. The van der Waals surface area contributed by atoms with Crippen molar-refractivity contribution in [1.82, 2.24) is 15.0 Å². The van der Waals surface area contributed by atoms with E-state index in [4.69, 9.17) is 5.11 Å². The highest BCUT2D eigenvalue weighted by molar-refractivity contribution is 7.61. The van der Waals surface area contributed by atoms with E-state index < -0.39 is 13.3 Å². The average Bonchev–Trinajstić information content (AvgIpc) is 2.80. The molecule has 0 unspecified atom stereocenters. The summed E-state index contributed by atoms with van der Waals surface area (Å²) >= 11 is 0. The minimum absolute atomic E-state index is 0.160. The minimum atomic E-state index is -2.37. The summed E-state index contributed by atoms with van der Waals surface area (Å²) in [6, 6.07) is 8.92. The van der Waals surface area contributed by atoms with Crippen molar-refractivity contribution in [3.63, 3.8) is 0 Å². The van der Waals surface area contributed by atoms with Crippen molar-refractivity contribution in [3.05, 3.63) is 29.8 Å². The molecule has 1 aromatic rings. The summed E-state index contributed by atoms with van der Waals surface area (Å²) in [5, 5.41) is 16.0. The number of carboxylic acids is 1. The molecule has 3 rings (SSSR count). The summed E-state index contributed by atoms with van der Waals surface area (Å²) in [5.41, 5.74) is 2.20. The van der Waals surface area contributed by atoms with Gasteiger partial charge in [0.25, 0.3) is 0 Å². The molecule has 2 heterocycles. The molecule has 31 heavy (non-hydrogen) atoms. The van der Waals surface area contributed by atoms with Gasteiger partial charge in [0.1, 0.15) is 0 Å². The number of aliphatic carboxylic acids is 1. The normalized spacial score (nSPS) is 19.7. The highest BCUT2D eigenvalue weighted by atomic mass is 31.2. The first-order valence-electron chi connectivity index (χ1n) is 11.3. The van der Waals surface area contributed by atoms with Crippen molar-refractivity contribution in [1.29, 1.82) is 0 Å². The van der Waals surface area contributed by atoms with Gasteiger partial charge in [0.05, 0.1) is 12.8 Å². The monoisotopic (exact) mass is 449 g/mol. The first kappa shape index (κ1) is 23.8. The second-order valence-electron chi connectivity index (χ2n) is 8.40. The van der Waals surface area contributed by atoms with Gasteiger partial charge >= 0.3 is 5.97 Å². The van der Waals surface area contributed by atoms with Crippen molar-refractivity contribution in [2.75, 3.05) is 63.0 Å². The second-order valence-corrected chi connectivity index (χ2v) is 11.6. The first-order chi connectivity index (χ1) is 14.9. The van der Waals surface area contributed by atoms with Crippen LogP contribution in [0.1, 0.15) is 32.3 Å². The SMILES string of the molecule is CCP(=O)(CC)NN=Cc1ccc(N2CCN(C3CCN(CC(=O)O)CC3)CC2)cc1. The molecule has 0 atom stereocenters. The number of nitrogens with zero attached hydrogens (tertiary/aromatic N) is 4. The summed E-state index contributed by atoms with van der Waals surface area (Å²) in [7, 11) is -2.37. The molecule has 1 aromatic carbocycles. The zero-order valence-electron chi connectivity index (χ0n) is 18.7. The van der Waals surface area contributed by atoms with Gasteiger partial charge in [0.2, 0.25) is 0 Å². The van der Waals surface area contributed by atoms with Gasteiger partial charge < -0.3 is 10.0 Å². The number of likely N-dealkylation sites (tertiary alicyclic amines) is 1. The number of carbonyl (C=O) groups is 1. The van der Waals surface area contributed by atoms with Gasteiger partial charge in [0.15, 0.2) is 7.29 Å². The maximum atomic E-state index is 12.3. The largest absolute Gasteiger partial charge is 0.480 e. The zero-order chi connectivity index (χ0) is 22.3. The number of hydrazone groups is 1. The Labute approximate surface area is 185 Å². The molecule has 0 aromatic heterocycles. The fraction of sp³-hybridized carbons (Fsp3) is 0.636. The lowest BCUT2D eigenvalue weighted by Gasteiger charge is -2.43. The number of anilines is 1. The van der Waals surface area contributed by atoms with E-state index in [0.29, 0.717) is 18.4 Å². The highest BCUT2D eigenvalue weighted by Crippen LogP contribution is 2.39. The Morgan fingerprint density at radius 3 is 2.26 bits per heavy atom. The Morgan fingerprint density at radius 2 is 1.71 bits per heavy atom. The molecule has 2 aliphatic heterocycles. The Hall–Kier alpha value is -1.89. The Balaban J connectivity index is 1.45. The third-order valence-electron chi connectivity index (χ3n) is 6.48. The summed E-state index contributed by atoms with van der Waals surface area (Å²) < 4.78 is 12.3. The van der Waals surface area contributed by atoms with Crippen LogP contribution in [0.15, 0.2) is 29.4 Å². The van der Waals surface area contributed by atoms with Crippen LogP contribution >= 0.6 is 7.29 Å². The Morgan fingerprint density at radius 1 is 1.10 bits per heavy atom. The van der Waals surface area contributed by atoms with E-state index in [-0.39, 0.29) is 6.54 Å². The van der Waals surface area contributed by atoms with Crippen LogP contribution in [0.25, 0.3) is 0 Å². The van der Waals surface area contributed by atoms with Gasteiger partial charge in [-0.05, 0) is 30.5 Å². The Bertz CT molecular complexity index is 777. The average molecular weight is 450 g/mol. The summed E-state index contributed by atoms with van der Waals surface area (Å²) in [6.45, 7) is 9.84. The van der Waals surface area contributed by atoms with Gasteiger partial charge in [-0.15, -0.1) is 0 Å². The maximum Gasteiger partial charge on any atom is 0.317 e. The lowest BCUT2D eigenvalue weighted by Crippen LogP contribution is -2.53.